The van der Waals surface area contributed by atoms with Gasteiger partial charge in [-0.15, -0.1) is 11.3 Å². The summed E-state index contributed by atoms with van der Waals surface area (Å²) in [7, 11) is 2.07. The highest BCUT2D eigenvalue weighted by atomic mass is 79.9. The molecule has 1 aliphatic rings. The molecule has 0 aliphatic carbocycles. The Bertz CT molecular complexity index is 455. The predicted molar refractivity (Wildman–Crippen MR) is 76.8 cm³/mol. The smallest absolute Gasteiger partial charge is 0.120 e. The zero-order valence-electron chi connectivity index (χ0n) is 10.7. The molecular formula is C12H18BrN3S. The third-order valence-corrected chi connectivity index (χ3v) is 5.25. The molecule has 0 bridgehead atoms. The van der Waals surface area contributed by atoms with Crippen molar-refractivity contribution >= 4 is 33.0 Å². The molecule has 1 aliphatic heterocycles. The third kappa shape index (κ3) is 2.55. The van der Waals surface area contributed by atoms with Gasteiger partial charge in [0.05, 0.1) is 10.5 Å². The largest absolute Gasteiger partial charge is 0.294 e. The molecule has 0 N–H and O–H groups in total. The second-order valence-electron chi connectivity index (χ2n) is 4.84. The summed E-state index contributed by atoms with van der Waals surface area (Å²) in [6, 6.07) is 0. The van der Waals surface area contributed by atoms with Gasteiger partial charge in [0.1, 0.15) is 4.60 Å². The maximum atomic E-state index is 4.61. The van der Waals surface area contributed by atoms with E-state index in [9.17, 15) is 0 Å². The number of rotatable bonds is 3. The maximum absolute atomic E-state index is 4.61. The lowest BCUT2D eigenvalue weighted by atomic mass is 9.91. The fourth-order valence-corrected chi connectivity index (χ4v) is 3.97. The van der Waals surface area contributed by atoms with Crippen molar-refractivity contribution in [3.63, 3.8) is 0 Å². The van der Waals surface area contributed by atoms with Gasteiger partial charge >= 0.3 is 0 Å². The Morgan fingerprint density at radius 1 is 1.53 bits per heavy atom. The number of likely N-dealkylation sites (N-methyl/N-ethyl adjacent to an activating group) is 1. The van der Waals surface area contributed by atoms with Crippen LogP contribution >= 0.6 is 27.3 Å². The Hall–Kier alpha value is -0.420. The second-order valence-corrected chi connectivity index (χ2v) is 6.88. The van der Waals surface area contributed by atoms with Gasteiger partial charge in [-0.25, -0.2) is 4.98 Å². The minimum atomic E-state index is 0.104. The molecule has 2 rings (SSSR count). The summed E-state index contributed by atoms with van der Waals surface area (Å²) in [5, 5.41) is 7.85. The van der Waals surface area contributed by atoms with Crippen LogP contribution in [0.3, 0.4) is 0 Å². The highest BCUT2D eigenvalue weighted by molar-refractivity contribution is 9.10. The summed E-state index contributed by atoms with van der Waals surface area (Å²) in [6.45, 7) is 6.50. The zero-order chi connectivity index (χ0) is 12.6. The topological polar surface area (TPSA) is 28.5 Å². The molecule has 0 aromatic carbocycles. The van der Waals surface area contributed by atoms with Crippen LogP contribution in [0.2, 0.25) is 0 Å². The first-order valence-corrected chi connectivity index (χ1v) is 7.47. The van der Waals surface area contributed by atoms with Gasteiger partial charge in [0.2, 0.25) is 0 Å². The van der Waals surface area contributed by atoms with Crippen molar-refractivity contribution in [2.24, 2.45) is 5.10 Å². The standard InChI is InChI=1S/C12H18BrN3S/c1-5-9-6-12(3,16(4)15-9)7-10-11(13)14-8(2)17-10/h5-7H2,1-4H3. The van der Waals surface area contributed by atoms with Gasteiger partial charge in [-0.2, -0.15) is 5.10 Å². The number of thiazole rings is 1. The van der Waals surface area contributed by atoms with Crippen molar-refractivity contribution in [1.82, 2.24) is 9.99 Å². The van der Waals surface area contributed by atoms with Crippen LogP contribution in [-0.2, 0) is 6.42 Å². The Morgan fingerprint density at radius 2 is 2.24 bits per heavy atom. The maximum Gasteiger partial charge on any atom is 0.120 e. The molecule has 0 amide bonds. The van der Waals surface area contributed by atoms with Gasteiger partial charge in [-0.05, 0) is 36.2 Å². The molecule has 5 heteroatoms. The first kappa shape index (κ1) is 13.0. The Morgan fingerprint density at radius 3 is 2.71 bits per heavy atom. The number of hydrazone groups is 1. The van der Waals surface area contributed by atoms with Crippen molar-refractivity contribution in [2.75, 3.05) is 7.05 Å². The molecule has 1 unspecified atom stereocenters. The minimum absolute atomic E-state index is 0.104. The monoisotopic (exact) mass is 315 g/mol. The summed E-state index contributed by atoms with van der Waals surface area (Å²) < 4.78 is 1.000. The number of nitrogens with zero attached hydrogens (tertiary/aromatic N) is 3. The van der Waals surface area contributed by atoms with Gasteiger partial charge in [0, 0.05) is 30.5 Å². The van der Waals surface area contributed by atoms with E-state index in [-0.39, 0.29) is 5.54 Å². The van der Waals surface area contributed by atoms with E-state index in [0.29, 0.717) is 0 Å². The van der Waals surface area contributed by atoms with E-state index in [0.717, 1.165) is 28.9 Å². The first-order valence-electron chi connectivity index (χ1n) is 5.86. The molecule has 2 heterocycles. The summed E-state index contributed by atoms with van der Waals surface area (Å²) >= 11 is 5.32. The van der Waals surface area contributed by atoms with Crippen LogP contribution in [0.5, 0.6) is 0 Å². The molecule has 0 saturated heterocycles. The van der Waals surface area contributed by atoms with Crippen molar-refractivity contribution in [3.8, 4) is 0 Å². The fraction of sp³-hybridized carbons (Fsp3) is 0.667. The number of halogens is 1. The Balaban J connectivity index is 2.17. The molecule has 0 saturated carbocycles. The molecular weight excluding hydrogens is 298 g/mol. The average molecular weight is 316 g/mol. The Labute approximate surface area is 115 Å². The second kappa shape index (κ2) is 4.69. The van der Waals surface area contributed by atoms with Crippen molar-refractivity contribution in [3.05, 3.63) is 14.5 Å². The zero-order valence-corrected chi connectivity index (χ0v) is 13.2. The van der Waals surface area contributed by atoms with Gasteiger partial charge in [-0.1, -0.05) is 6.92 Å². The number of aryl methyl sites for hydroxylation is 1. The van der Waals surface area contributed by atoms with Crippen LogP contribution in [0.25, 0.3) is 0 Å². The summed E-state index contributed by atoms with van der Waals surface area (Å²) in [6.07, 6.45) is 3.11. The molecule has 3 nitrogen and oxygen atoms in total. The quantitative estimate of drug-likeness (QED) is 0.852. The van der Waals surface area contributed by atoms with Crippen LogP contribution in [0.4, 0.5) is 0 Å². The van der Waals surface area contributed by atoms with Crippen LogP contribution in [0.15, 0.2) is 9.70 Å². The molecule has 94 valence electrons. The molecule has 1 atom stereocenters. The molecule has 1 aromatic heterocycles. The van der Waals surface area contributed by atoms with E-state index in [1.54, 1.807) is 11.3 Å². The summed E-state index contributed by atoms with van der Waals surface area (Å²) in [5.41, 5.74) is 1.40. The van der Waals surface area contributed by atoms with E-state index < -0.39 is 0 Å². The number of hydrogen-bond donors (Lipinski definition) is 0. The normalized spacial score (nSPS) is 24.3. The minimum Gasteiger partial charge on any atom is -0.294 e. The summed E-state index contributed by atoms with van der Waals surface area (Å²) in [4.78, 5) is 5.75. The van der Waals surface area contributed by atoms with Crippen LogP contribution in [0.1, 0.15) is 36.6 Å². The lowest BCUT2D eigenvalue weighted by Crippen LogP contribution is -2.39. The number of aromatic nitrogens is 1. The van der Waals surface area contributed by atoms with E-state index in [1.807, 2.05) is 6.92 Å². The van der Waals surface area contributed by atoms with Gasteiger partial charge in [-0.3, -0.25) is 5.01 Å². The van der Waals surface area contributed by atoms with E-state index >= 15 is 0 Å². The average Bonchev–Trinajstić information content (AvgIpc) is 2.69. The highest BCUT2D eigenvalue weighted by Gasteiger charge is 2.36. The summed E-state index contributed by atoms with van der Waals surface area (Å²) in [5.74, 6) is 0. The van der Waals surface area contributed by atoms with E-state index in [1.165, 1.54) is 10.6 Å². The van der Waals surface area contributed by atoms with Crippen LogP contribution < -0.4 is 0 Å². The van der Waals surface area contributed by atoms with Crippen LogP contribution in [-0.4, -0.2) is 28.3 Å². The first-order chi connectivity index (χ1) is 7.94. The van der Waals surface area contributed by atoms with E-state index in [4.69, 9.17) is 0 Å². The third-order valence-electron chi connectivity index (χ3n) is 3.36. The van der Waals surface area contributed by atoms with Crippen molar-refractivity contribution < 1.29 is 0 Å². The van der Waals surface area contributed by atoms with E-state index in [2.05, 4.69) is 51.9 Å². The molecule has 0 spiro atoms. The SMILES string of the molecule is CCC1=NN(C)C(C)(Cc2sc(C)nc2Br)C1. The molecule has 17 heavy (non-hydrogen) atoms. The fourth-order valence-electron chi connectivity index (χ4n) is 2.19. The van der Waals surface area contributed by atoms with Crippen molar-refractivity contribution in [2.45, 2.75) is 45.6 Å². The molecule has 1 aromatic rings. The lowest BCUT2D eigenvalue weighted by molar-refractivity contribution is 0.173. The Kier molecular flexibility index (Phi) is 3.59. The van der Waals surface area contributed by atoms with Gasteiger partial charge in [0.25, 0.3) is 0 Å². The lowest BCUT2D eigenvalue weighted by Gasteiger charge is -2.31. The van der Waals surface area contributed by atoms with Crippen molar-refractivity contribution in [1.29, 1.82) is 0 Å². The van der Waals surface area contributed by atoms with Crippen LogP contribution in [0, 0.1) is 6.92 Å². The number of hydrogen-bond acceptors (Lipinski definition) is 4. The van der Waals surface area contributed by atoms with Gasteiger partial charge < -0.3 is 0 Å². The molecule has 0 fully saturated rings. The highest BCUT2D eigenvalue weighted by Crippen LogP contribution is 2.34. The molecule has 0 radical (unpaired) electrons. The van der Waals surface area contributed by atoms with Gasteiger partial charge in [0.15, 0.2) is 0 Å². The predicted octanol–water partition coefficient (Wildman–Crippen LogP) is 3.62.